The van der Waals surface area contributed by atoms with E-state index in [2.05, 4.69) is 20.9 Å². The highest BCUT2D eigenvalue weighted by atomic mass is 32.2. The molecule has 0 fully saturated rings. The lowest BCUT2D eigenvalue weighted by molar-refractivity contribution is -0.147. The number of hydrogen-bond donors (Lipinski definition) is 7. The molecule has 3 aromatic rings. The van der Waals surface area contributed by atoms with Crippen LogP contribution in [0.2, 0.25) is 0 Å². The van der Waals surface area contributed by atoms with Gasteiger partial charge in [0, 0.05) is 23.5 Å². The highest BCUT2D eigenvalue weighted by molar-refractivity contribution is 7.98. The maximum Gasteiger partial charge on any atom is 0.326 e. The van der Waals surface area contributed by atoms with E-state index in [1.54, 1.807) is 12.5 Å². The minimum absolute atomic E-state index is 0.0767. The molecule has 2 aromatic carbocycles. The smallest absolute Gasteiger partial charge is 0.326 e. The van der Waals surface area contributed by atoms with Crippen molar-refractivity contribution in [2.75, 3.05) is 12.0 Å². The highest BCUT2D eigenvalue weighted by Crippen LogP contribution is 2.19. The molecule has 0 aliphatic rings. The summed E-state index contributed by atoms with van der Waals surface area (Å²) < 4.78 is 0. The number of aromatic amines is 1. The third kappa shape index (κ3) is 9.35. The van der Waals surface area contributed by atoms with E-state index in [-0.39, 0.29) is 19.3 Å². The van der Waals surface area contributed by atoms with Gasteiger partial charge < -0.3 is 36.9 Å². The number of carbonyl (C=O) groups is 5. The van der Waals surface area contributed by atoms with Gasteiger partial charge in [-0.3, -0.25) is 19.2 Å². The molecule has 13 heteroatoms. The maximum atomic E-state index is 13.6. The Morgan fingerprint density at radius 1 is 0.833 bits per heavy atom. The van der Waals surface area contributed by atoms with Crippen LogP contribution in [0.25, 0.3) is 10.9 Å². The first-order valence-corrected chi connectivity index (χ1v) is 14.7. The Morgan fingerprint density at radius 2 is 1.45 bits per heavy atom. The van der Waals surface area contributed by atoms with Crippen LogP contribution < -0.4 is 21.7 Å². The summed E-state index contributed by atoms with van der Waals surface area (Å²) >= 11 is 1.41. The number of fused-ring (bicyclic) bond motifs is 1. The predicted octanol–water partition coefficient (Wildman–Crippen LogP) is 1.05. The molecule has 42 heavy (non-hydrogen) atoms. The molecule has 0 spiro atoms. The molecule has 0 aliphatic heterocycles. The second-order valence-electron chi connectivity index (χ2n) is 9.76. The van der Waals surface area contributed by atoms with E-state index >= 15 is 0 Å². The van der Waals surface area contributed by atoms with Crippen LogP contribution in [-0.4, -0.2) is 81.0 Å². The monoisotopic (exact) mass is 597 g/mol. The van der Waals surface area contributed by atoms with E-state index in [1.165, 1.54) is 11.8 Å². The van der Waals surface area contributed by atoms with Gasteiger partial charge in [0.25, 0.3) is 0 Å². The number of para-hydroxylation sites is 1. The van der Waals surface area contributed by atoms with Crippen molar-refractivity contribution in [1.29, 1.82) is 0 Å². The lowest BCUT2D eigenvalue weighted by Gasteiger charge is -2.25. The Bertz CT molecular complexity index is 1400. The molecular formula is C29H35N5O7S. The van der Waals surface area contributed by atoms with Crippen molar-refractivity contribution in [3.8, 4) is 0 Å². The molecule has 12 nitrogen and oxygen atoms in total. The molecule has 4 atom stereocenters. The van der Waals surface area contributed by atoms with E-state index in [9.17, 15) is 29.1 Å². The van der Waals surface area contributed by atoms with Gasteiger partial charge in [0.15, 0.2) is 0 Å². The number of hydrogen-bond acceptors (Lipinski definition) is 7. The Balaban J connectivity index is 1.82. The van der Waals surface area contributed by atoms with Crippen LogP contribution in [-0.2, 0) is 36.8 Å². The average molecular weight is 598 g/mol. The number of nitrogens with two attached hydrogens (primary N) is 1. The summed E-state index contributed by atoms with van der Waals surface area (Å²) in [5.41, 5.74) is 8.62. The van der Waals surface area contributed by atoms with Crippen LogP contribution in [0.3, 0.4) is 0 Å². The van der Waals surface area contributed by atoms with Crippen molar-refractivity contribution in [2.45, 2.75) is 49.9 Å². The van der Waals surface area contributed by atoms with Gasteiger partial charge >= 0.3 is 11.9 Å². The summed E-state index contributed by atoms with van der Waals surface area (Å²) in [6.07, 6.45) is 3.17. The quantitative estimate of drug-likeness (QED) is 0.126. The van der Waals surface area contributed by atoms with Gasteiger partial charge in [0.2, 0.25) is 17.7 Å². The van der Waals surface area contributed by atoms with Crippen LogP contribution >= 0.6 is 11.8 Å². The van der Waals surface area contributed by atoms with E-state index in [4.69, 9.17) is 10.8 Å². The zero-order chi connectivity index (χ0) is 30.6. The fourth-order valence-corrected chi connectivity index (χ4v) is 4.86. The van der Waals surface area contributed by atoms with Crippen LogP contribution in [0.15, 0.2) is 60.8 Å². The Kier molecular flexibility index (Phi) is 11.9. The van der Waals surface area contributed by atoms with E-state index < -0.39 is 60.2 Å². The topological polar surface area (TPSA) is 204 Å². The van der Waals surface area contributed by atoms with Gasteiger partial charge in [-0.15, -0.1) is 0 Å². The van der Waals surface area contributed by atoms with Crippen molar-refractivity contribution in [3.05, 3.63) is 71.9 Å². The SMILES string of the molecule is CSCCC(NC(=O)C(Cc1c[nH]c2ccccc12)NC(=O)C(N)Cc1ccccc1)C(=O)NC(CC(=O)O)C(=O)O. The molecule has 1 aromatic heterocycles. The molecule has 0 aliphatic carbocycles. The lowest BCUT2D eigenvalue weighted by Crippen LogP contribution is -2.58. The minimum Gasteiger partial charge on any atom is -0.481 e. The van der Waals surface area contributed by atoms with Gasteiger partial charge in [0.05, 0.1) is 12.5 Å². The number of amides is 3. The molecule has 4 unspecified atom stereocenters. The lowest BCUT2D eigenvalue weighted by atomic mass is 10.0. The Labute approximate surface area is 246 Å². The van der Waals surface area contributed by atoms with Crippen LogP contribution in [0.1, 0.15) is 24.0 Å². The summed E-state index contributed by atoms with van der Waals surface area (Å²) in [6.45, 7) is 0. The summed E-state index contributed by atoms with van der Waals surface area (Å²) in [6, 6.07) is 11.7. The number of aromatic nitrogens is 1. The number of benzene rings is 2. The van der Waals surface area contributed by atoms with Gasteiger partial charge in [-0.2, -0.15) is 11.8 Å². The largest absolute Gasteiger partial charge is 0.481 e. The summed E-state index contributed by atoms with van der Waals surface area (Å²) in [7, 11) is 0. The number of thioether (sulfide) groups is 1. The zero-order valence-electron chi connectivity index (χ0n) is 23.0. The minimum atomic E-state index is -1.68. The number of carboxylic acid groups (broad SMARTS) is 2. The molecule has 0 radical (unpaired) electrons. The average Bonchev–Trinajstić information content (AvgIpc) is 3.37. The van der Waals surface area contributed by atoms with E-state index in [0.29, 0.717) is 5.75 Å². The molecular weight excluding hydrogens is 562 g/mol. The summed E-state index contributed by atoms with van der Waals surface area (Å²) in [5.74, 6) is -4.55. The molecule has 8 N–H and O–H groups in total. The first-order chi connectivity index (χ1) is 20.1. The number of carboxylic acids is 2. The fraction of sp³-hybridized carbons (Fsp3) is 0.345. The molecule has 0 bridgehead atoms. The number of nitrogens with one attached hydrogen (secondary N) is 4. The first-order valence-electron chi connectivity index (χ1n) is 13.3. The van der Waals surface area contributed by atoms with E-state index in [0.717, 1.165) is 22.0 Å². The molecule has 0 saturated carbocycles. The van der Waals surface area contributed by atoms with Crippen LogP contribution in [0, 0.1) is 0 Å². The molecule has 224 valence electrons. The number of H-pyrrole nitrogens is 1. The Morgan fingerprint density at radius 3 is 2.12 bits per heavy atom. The van der Waals surface area contributed by atoms with Crippen LogP contribution in [0.5, 0.6) is 0 Å². The fourth-order valence-electron chi connectivity index (χ4n) is 4.39. The first kappa shape index (κ1) is 32.2. The molecule has 3 rings (SSSR count). The second kappa shape index (κ2) is 15.6. The van der Waals surface area contributed by atoms with Crippen molar-refractivity contribution in [3.63, 3.8) is 0 Å². The van der Waals surface area contributed by atoms with Gasteiger partial charge in [0.1, 0.15) is 18.1 Å². The van der Waals surface area contributed by atoms with Gasteiger partial charge in [-0.25, -0.2) is 4.79 Å². The van der Waals surface area contributed by atoms with Crippen molar-refractivity contribution in [2.24, 2.45) is 5.73 Å². The molecule has 1 heterocycles. The molecule has 3 amide bonds. The number of aliphatic carboxylic acids is 2. The number of carbonyl (C=O) groups excluding carboxylic acids is 3. The van der Waals surface area contributed by atoms with Gasteiger partial charge in [-0.05, 0) is 42.0 Å². The second-order valence-corrected chi connectivity index (χ2v) is 10.7. The maximum absolute atomic E-state index is 13.6. The molecule has 0 saturated heterocycles. The normalized spacial score (nSPS) is 13.9. The van der Waals surface area contributed by atoms with Gasteiger partial charge in [-0.1, -0.05) is 48.5 Å². The van der Waals surface area contributed by atoms with Crippen molar-refractivity contribution in [1.82, 2.24) is 20.9 Å². The third-order valence-electron chi connectivity index (χ3n) is 6.60. The third-order valence-corrected chi connectivity index (χ3v) is 7.25. The van der Waals surface area contributed by atoms with E-state index in [1.807, 2.05) is 54.6 Å². The zero-order valence-corrected chi connectivity index (χ0v) is 23.9. The highest BCUT2D eigenvalue weighted by Gasteiger charge is 2.31. The Hall–Kier alpha value is -4.36. The summed E-state index contributed by atoms with van der Waals surface area (Å²) in [5, 5.41) is 26.8. The van der Waals surface area contributed by atoms with Crippen LogP contribution in [0.4, 0.5) is 0 Å². The standard InChI is InChI=1S/C29H35N5O7S/c1-42-12-11-22(27(38)34-24(29(40)41)15-25(35)36)32-28(39)23(14-18-16-31-21-10-6-5-9-19(18)21)33-26(37)20(30)13-17-7-3-2-4-8-17/h2-10,16,20,22-24,31H,11-15,30H2,1H3,(H,32,39)(H,33,37)(H,34,38)(H,35,36)(H,40,41). The summed E-state index contributed by atoms with van der Waals surface area (Å²) in [4.78, 5) is 65.5. The van der Waals surface area contributed by atoms with Crippen molar-refractivity contribution >= 4 is 52.3 Å². The predicted molar refractivity (Wildman–Crippen MR) is 159 cm³/mol. The number of rotatable bonds is 16. The van der Waals surface area contributed by atoms with Crippen molar-refractivity contribution < 1.29 is 34.2 Å².